The molecule has 0 amide bonds. The highest BCUT2D eigenvalue weighted by Crippen LogP contribution is 2.26. The summed E-state index contributed by atoms with van der Waals surface area (Å²) < 4.78 is 5.42. The van der Waals surface area contributed by atoms with Gasteiger partial charge in [-0.1, -0.05) is 6.92 Å². The predicted octanol–water partition coefficient (Wildman–Crippen LogP) is 2.81. The smallest absolute Gasteiger partial charge is 0.262 e. The van der Waals surface area contributed by atoms with Gasteiger partial charge in [0.15, 0.2) is 5.65 Å². The van der Waals surface area contributed by atoms with Crippen LogP contribution in [0, 0.1) is 5.92 Å². The minimum atomic E-state index is -0.178. The third-order valence-corrected chi connectivity index (χ3v) is 4.34. The molecule has 4 rings (SSSR count). The summed E-state index contributed by atoms with van der Waals surface area (Å²) in [6, 6.07) is 5.40. The van der Waals surface area contributed by atoms with Crippen molar-refractivity contribution in [3.63, 3.8) is 0 Å². The predicted molar refractivity (Wildman–Crippen MR) is 88.5 cm³/mol. The Hall–Kier alpha value is -2.63. The van der Waals surface area contributed by atoms with Crippen LogP contribution in [-0.4, -0.2) is 28.0 Å². The highest BCUT2D eigenvalue weighted by molar-refractivity contribution is 5.90. The maximum absolute atomic E-state index is 12.6. The molecule has 0 aromatic carbocycles. The Morgan fingerprint density at radius 1 is 1.39 bits per heavy atom. The summed E-state index contributed by atoms with van der Waals surface area (Å²) in [6.07, 6.45) is 5.58. The first-order chi connectivity index (χ1) is 11.2. The first-order valence-corrected chi connectivity index (χ1v) is 7.90. The fourth-order valence-electron chi connectivity index (χ4n) is 3.22. The number of fused-ring (bicyclic) bond motifs is 1. The molecule has 0 radical (unpaired) electrons. The number of nitrogens with one attached hydrogen (secondary N) is 1. The van der Waals surface area contributed by atoms with E-state index < -0.39 is 0 Å². The quantitative estimate of drug-likeness (QED) is 0.787. The number of hydrogen-bond donors (Lipinski definition) is 1. The Bertz CT molecular complexity index is 885. The van der Waals surface area contributed by atoms with Gasteiger partial charge in [0.05, 0.1) is 11.6 Å². The van der Waals surface area contributed by atoms with Gasteiger partial charge in [-0.25, -0.2) is 4.98 Å². The van der Waals surface area contributed by atoms with Crippen LogP contribution in [0.1, 0.15) is 19.8 Å². The molecule has 1 atom stereocenters. The molecule has 1 fully saturated rings. The van der Waals surface area contributed by atoms with E-state index in [0.717, 1.165) is 19.5 Å². The number of H-pyrrole nitrogens is 1. The average molecular weight is 310 g/mol. The Morgan fingerprint density at radius 2 is 2.30 bits per heavy atom. The lowest BCUT2D eigenvalue weighted by atomic mass is 10.0. The molecule has 118 valence electrons. The van der Waals surface area contributed by atoms with Crippen molar-refractivity contribution in [2.45, 2.75) is 19.8 Å². The van der Waals surface area contributed by atoms with Gasteiger partial charge in [-0.3, -0.25) is 9.78 Å². The molecule has 0 saturated carbocycles. The Kier molecular flexibility index (Phi) is 3.37. The monoisotopic (exact) mass is 310 g/mol. The summed E-state index contributed by atoms with van der Waals surface area (Å²) >= 11 is 0. The Balaban J connectivity index is 1.84. The van der Waals surface area contributed by atoms with Crippen LogP contribution < -0.4 is 10.5 Å². The topological polar surface area (TPSA) is 75.0 Å². The molecule has 6 nitrogen and oxygen atoms in total. The van der Waals surface area contributed by atoms with E-state index in [0.29, 0.717) is 34.2 Å². The molecule has 3 aromatic heterocycles. The number of furan rings is 1. The number of piperidine rings is 1. The van der Waals surface area contributed by atoms with Crippen LogP contribution >= 0.6 is 0 Å². The SMILES string of the molecule is CC1CCCN(c2nc3nccc(-c4ccco4)c3c(=O)[nH]2)C1. The van der Waals surface area contributed by atoms with Gasteiger partial charge in [0.25, 0.3) is 5.56 Å². The van der Waals surface area contributed by atoms with Crippen molar-refractivity contribution >= 4 is 17.0 Å². The summed E-state index contributed by atoms with van der Waals surface area (Å²) in [4.78, 5) is 26.6. The van der Waals surface area contributed by atoms with E-state index in [1.807, 2.05) is 6.07 Å². The number of aromatic nitrogens is 3. The fraction of sp³-hybridized carbons (Fsp3) is 0.353. The molecule has 6 heteroatoms. The largest absolute Gasteiger partial charge is 0.464 e. The van der Waals surface area contributed by atoms with Gasteiger partial charge < -0.3 is 9.32 Å². The Morgan fingerprint density at radius 3 is 3.09 bits per heavy atom. The zero-order valence-electron chi connectivity index (χ0n) is 13.0. The number of nitrogens with zero attached hydrogens (tertiary/aromatic N) is 3. The van der Waals surface area contributed by atoms with Crippen molar-refractivity contribution in [3.8, 4) is 11.3 Å². The van der Waals surface area contributed by atoms with Gasteiger partial charge in [0.2, 0.25) is 5.95 Å². The lowest BCUT2D eigenvalue weighted by Gasteiger charge is -2.31. The van der Waals surface area contributed by atoms with Gasteiger partial charge in [0.1, 0.15) is 5.76 Å². The number of aromatic amines is 1. The number of rotatable bonds is 2. The summed E-state index contributed by atoms with van der Waals surface area (Å²) in [5.41, 5.74) is 0.992. The first kappa shape index (κ1) is 14.0. The molecule has 1 N–H and O–H groups in total. The standard InChI is InChI=1S/C17H18N4O2/c1-11-4-2-8-21(10-11)17-19-15-14(16(22)20-17)12(6-7-18-15)13-5-3-9-23-13/h3,5-7,9,11H,2,4,8,10H2,1H3,(H,18,19,20,22). The van der Waals surface area contributed by atoms with E-state index >= 15 is 0 Å². The van der Waals surface area contributed by atoms with E-state index in [1.54, 1.807) is 24.6 Å². The zero-order valence-corrected chi connectivity index (χ0v) is 13.0. The van der Waals surface area contributed by atoms with Crippen LogP contribution in [-0.2, 0) is 0 Å². The van der Waals surface area contributed by atoms with Gasteiger partial charge >= 0.3 is 0 Å². The van der Waals surface area contributed by atoms with Gasteiger partial charge in [-0.15, -0.1) is 0 Å². The van der Waals surface area contributed by atoms with E-state index in [-0.39, 0.29) is 5.56 Å². The second-order valence-electron chi connectivity index (χ2n) is 6.12. The summed E-state index contributed by atoms with van der Waals surface area (Å²) in [5.74, 6) is 1.86. The van der Waals surface area contributed by atoms with Crippen molar-refractivity contribution in [2.24, 2.45) is 5.92 Å². The van der Waals surface area contributed by atoms with E-state index in [4.69, 9.17) is 4.42 Å². The maximum Gasteiger partial charge on any atom is 0.262 e. The molecule has 4 heterocycles. The minimum absolute atomic E-state index is 0.178. The molecular weight excluding hydrogens is 292 g/mol. The van der Waals surface area contributed by atoms with Crippen LogP contribution in [0.3, 0.4) is 0 Å². The molecule has 0 spiro atoms. The second kappa shape index (κ2) is 5.53. The summed E-state index contributed by atoms with van der Waals surface area (Å²) in [6.45, 7) is 4.04. The van der Waals surface area contributed by atoms with Crippen molar-refractivity contribution in [1.82, 2.24) is 15.0 Å². The van der Waals surface area contributed by atoms with Crippen LogP contribution in [0.5, 0.6) is 0 Å². The molecule has 1 saturated heterocycles. The van der Waals surface area contributed by atoms with Crippen molar-refractivity contribution in [1.29, 1.82) is 0 Å². The molecule has 0 aliphatic carbocycles. The van der Waals surface area contributed by atoms with Crippen molar-refractivity contribution in [3.05, 3.63) is 41.0 Å². The molecule has 0 bridgehead atoms. The third kappa shape index (κ3) is 2.50. The molecular formula is C17H18N4O2. The number of pyridine rings is 1. The molecule has 1 unspecified atom stereocenters. The van der Waals surface area contributed by atoms with Crippen LogP contribution in [0.4, 0.5) is 5.95 Å². The van der Waals surface area contributed by atoms with Crippen LogP contribution in [0.25, 0.3) is 22.4 Å². The lowest BCUT2D eigenvalue weighted by molar-refractivity contribution is 0.442. The van der Waals surface area contributed by atoms with Crippen LogP contribution in [0.15, 0.2) is 39.9 Å². The first-order valence-electron chi connectivity index (χ1n) is 7.90. The average Bonchev–Trinajstić information content (AvgIpc) is 3.08. The van der Waals surface area contributed by atoms with Gasteiger partial charge in [-0.05, 0) is 37.0 Å². The highest BCUT2D eigenvalue weighted by Gasteiger charge is 2.20. The van der Waals surface area contributed by atoms with Gasteiger partial charge in [0, 0.05) is 24.8 Å². The van der Waals surface area contributed by atoms with E-state index in [2.05, 4.69) is 26.8 Å². The summed E-state index contributed by atoms with van der Waals surface area (Å²) in [5, 5.41) is 0.469. The fourth-order valence-corrected chi connectivity index (χ4v) is 3.22. The molecule has 23 heavy (non-hydrogen) atoms. The second-order valence-corrected chi connectivity index (χ2v) is 6.12. The normalized spacial score (nSPS) is 18.5. The number of anilines is 1. The maximum atomic E-state index is 12.6. The van der Waals surface area contributed by atoms with E-state index in [9.17, 15) is 4.79 Å². The van der Waals surface area contributed by atoms with E-state index in [1.165, 1.54) is 6.42 Å². The zero-order chi connectivity index (χ0) is 15.8. The van der Waals surface area contributed by atoms with Crippen molar-refractivity contribution < 1.29 is 4.42 Å². The lowest BCUT2D eigenvalue weighted by Crippen LogP contribution is -2.36. The summed E-state index contributed by atoms with van der Waals surface area (Å²) in [7, 11) is 0. The molecule has 1 aliphatic rings. The van der Waals surface area contributed by atoms with Crippen molar-refractivity contribution in [2.75, 3.05) is 18.0 Å². The molecule has 3 aromatic rings. The van der Waals surface area contributed by atoms with Crippen LogP contribution in [0.2, 0.25) is 0 Å². The highest BCUT2D eigenvalue weighted by atomic mass is 16.3. The molecule has 1 aliphatic heterocycles. The minimum Gasteiger partial charge on any atom is -0.464 e. The van der Waals surface area contributed by atoms with Gasteiger partial charge in [-0.2, -0.15) is 4.98 Å². The Labute approximate surface area is 133 Å². The third-order valence-electron chi connectivity index (χ3n) is 4.34. The number of hydrogen-bond acceptors (Lipinski definition) is 5.